The van der Waals surface area contributed by atoms with Crippen molar-refractivity contribution in [2.75, 3.05) is 13.7 Å². The van der Waals surface area contributed by atoms with Crippen molar-refractivity contribution in [2.24, 2.45) is 0 Å². The van der Waals surface area contributed by atoms with E-state index in [2.05, 4.69) is 10.3 Å². The van der Waals surface area contributed by atoms with Crippen LogP contribution in [0.3, 0.4) is 0 Å². The van der Waals surface area contributed by atoms with Crippen LogP contribution in [0.25, 0.3) is 0 Å². The maximum absolute atomic E-state index is 10.3. The zero-order chi connectivity index (χ0) is 11.4. The van der Waals surface area contributed by atoms with Gasteiger partial charge in [-0.15, -0.1) is 0 Å². The van der Waals surface area contributed by atoms with Crippen molar-refractivity contribution in [3.63, 3.8) is 0 Å². The normalized spacial score (nSPS) is 22.8. The van der Waals surface area contributed by atoms with Crippen LogP contribution >= 0.6 is 0 Å². The minimum absolute atomic E-state index is 0.117. The van der Waals surface area contributed by atoms with Crippen molar-refractivity contribution in [3.8, 4) is 5.75 Å². The molecule has 2 atom stereocenters. The highest BCUT2D eigenvalue weighted by Gasteiger charge is 2.25. The number of hydrogen-bond donors (Lipinski definition) is 2. The van der Waals surface area contributed by atoms with E-state index in [0.29, 0.717) is 5.75 Å². The van der Waals surface area contributed by atoms with Gasteiger partial charge in [-0.25, -0.2) is 0 Å². The Morgan fingerprint density at radius 1 is 1.56 bits per heavy atom. The molecule has 4 heteroatoms. The van der Waals surface area contributed by atoms with Gasteiger partial charge in [0.15, 0.2) is 0 Å². The third-order valence-corrected chi connectivity index (χ3v) is 3.08. The van der Waals surface area contributed by atoms with Gasteiger partial charge in [0.25, 0.3) is 0 Å². The van der Waals surface area contributed by atoms with Gasteiger partial charge in [-0.05, 0) is 25.5 Å². The summed E-state index contributed by atoms with van der Waals surface area (Å²) in [6.07, 6.45) is 6.16. The Morgan fingerprint density at radius 3 is 3.12 bits per heavy atom. The first kappa shape index (κ1) is 11.4. The number of piperidine rings is 1. The van der Waals surface area contributed by atoms with Crippen molar-refractivity contribution >= 4 is 0 Å². The third-order valence-electron chi connectivity index (χ3n) is 3.08. The second-order valence-corrected chi connectivity index (χ2v) is 4.12. The Balaban J connectivity index is 2.15. The van der Waals surface area contributed by atoms with E-state index in [-0.39, 0.29) is 6.04 Å². The molecule has 1 fully saturated rings. The van der Waals surface area contributed by atoms with Gasteiger partial charge in [-0.1, -0.05) is 6.42 Å². The molecule has 0 aromatic carbocycles. The minimum Gasteiger partial charge on any atom is -0.496 e. The molecule has 1 aliphatic heterocycles. The molecule has 1 aromatic heterocycles. The van der Waals surface area contributed by atoms with Gasteiger partial charge in [0.05, 0.1) is 13.2 Å². The van der Waals surface area contributed by atoms with Crippen LogP contribution in [0.5, 0.6) is 5.75 Å². The van der Waals surface area contributed by atoms with Gasteiger partial charge in [0.1, 0.15) is 5.75 Å². The van der Waals surface area contributed by atoms with Crippen LogP contribution < -0.4 is 10.1 Å². The monoisotopic (exact) mass is 222 g/mol. The van der Waals surface area contributed by atoms with Gasteiger partial charge < -0.3 is 15.2 Å². The molecule has 1 aromatic rings. The SMILES string of the molecule is COc1ccncc1[C@H](O)[C@H]1CCCCN1. The topological polar surface area (TPSA) is 54.4 Å². The van der Waals surface area contributed by atoms with E-state index in [4.69, 9.17) is 4.74 Å². The highest BCUT2D eigenvalue weighted by atomic mass is 16.5. The Labute approximate surface area is 95.7 Å². The number of aromatic nitrogens is 1. The van der Waals surface area contributed by atoms with Crippen molar-refractivity contribution < 1.29 is 9.84 Å². The first-order chi connectivity index (χ1) is 7.83. The molecule has 0 aliphatic carbocycles. The van der Waals surface area contributed by atoms with E-state index >= 15 is 0 Å². The zero-order valence-corrected chi connectivity index (χ0v) is 9.52. The molecule has 4 nitrogen and oxygen atoms in total. The van der Waals surface area contributed by atoms with Crippen molar-refractivity contribution in [1.82, 2.24) is 10.3 Å². The molecule has 0 bridgehead atoms. The van der Waals surface area contributed by atoms with Gasteiger partial charge in [0.2, 0.25) is 0 Å². The van der Waals surface area contributed by atoms with E-state index in [1.165, 1.54) is 6.42 Å². The fourth-order valence-corrected chi connectivity index (χ4v) is 2.17. The molecular weight excluding hydrogens is 204 g/mol. The summed E-state index contributed by atoms with van der Waals surface area (Å²) in [7, 11) is 1.61. The molecule has 0 amide bonds. The summed E-state index contributed by atoms with van der Waals surface area (Å²) in [5.41, 5.74) is 0.768. The summed E-state index contributed by atoms with van der Waals surface area (Å²) in [6, 6.07) is 1.90. The zero-order valence-electron chi connectivity index (χ0n) is 9.52. The second-order valence-electron chi connectivity index (χ2n) is 4.12. The molecular formula is C12H18N2O2. The maximum atomic E-state index is 10.3. The van der Waals surface area contributed by atoms with Gasteiger partial charge >= 0.3 is 0 Å². The lowest BCUT2D eigenvalue weighted by Crippen LogP contribution is -2.38. The fourth-order valence-electron chi connectivity index (χ4n) is 2.17. The van der Waals surface area contributed by atoms with Crippen LogP contribution in [0.1, 0.15) is 30.9 Å². The van der Waals surface area contributed by atoms with Crippen LogP contribution in [0.2, 0.25) is 0 Å². The highest BCUT2D eigenvalue weighted by Crippen LogP contribution is 2.28. The molecule has 2 N–H and O–H groups in total. The van der Waals surface area contributed by atoms with E-state index < -0.39 is 6.10 Å². The number of ether oxygens (including phenoxy) is 1. The quantitative estimate of drug-likeness (QED) is 0.808. The van der Waals surface area contributed by atoms with Crippen LogP contribution in [0, 0.1) is 0 Å². The number of nitrogens with zero attached hydrogens (tertiary/aromatic N) is 1. The Morgan fingerprint density at radius 2 is 2.44 bits per heavy atom. The average molecular weight is 222 g/mol. The molecule has 2 heterocycles. The van der Waals surface area contributed by atoms with Crippen molar-refractivity contribution in [2.45, 2.75) is 31.4 Å². The summed E-state index contributed by atoms with van der Waals surface area (Å²) in [4.78, 5) is 4.04. The largest absolute Gasteiger partial charge is 0.496 e. The van der Waals surface area contributed by atoms with Crippen LogP contribution in [0.15, 0.2) is 18.5 Å². The summed E-state index contributed by atoms with van der Waals surface area (Å²) < 4.78 is 5.23. The van der Waals surface area contributed by atoms with Crippen molar-refractivity contribution in [3.05, 3.63) is 24.0 Å². The number of hydrogen-bond acceptors (Lipinski definition) is 4. The molecule has 1 aliphatic rings. The number of rotatable bonds is 3. The number of methoxy groups -OCH3 is 1. The van der Waals surface area contributed by atoms with E-state index in [1.807, 2.05) is 0 Å². The predicted molar refractivity (Wildman–Crippen MR) is 61.4 cm³/mol. The second kappa shape index (κ2) is 5.27. The van der Waals surface area contributed by atoms with E-state index in [1.54, 1.807) is 25.6 Å². The number of pyridine rings is 1. The lowest BCUT2D eigenvalue weighted by Gasteiger charge is -2.28. The van der Waals surface area contributed by atoms with Gasteiger partial charge in [0, 0.05) is 24.0 Å². The van der Waals surface area contributed by atoms with Gasteiger partial charge in [-0.2, -0.15) is 0 Å². The summed E-state index contributed by atoms with van der Waals surface area (Å²) in [5, 5.41) is 13.6. The van der Waals surface area contributed by atoms with Crippen LogP contribution in [0.4, 0.5) is 0 Å². The molecule has 0 spiro atoms. The summed E-state index contributed by atoms with van der Waals surface area (Å²) >= 11 is 0. The molecule has 88 valence electrons. The minimum atomic E-state index is -0.538. The molecule has 2 rings (SSSR count). The lowest BCUT2D eigenvalue weighted by molar-refractivity contribution is 0.110. The number of aliphatic hydroxyl groups is 1. The molecule has 1 saturated heterocycles. The Hall–Kier alpha value is -1.13. The molecule has 0 saturated carbocycles. The number of aliphatic hydroxyl groups excluding tert-OH is 1. The Kier molecular flexibility index (Phi) is 3.74. The third kappa shape index (κ3) is 2.33. The Bertz CT molecular complexity index is 338. The van der Waals surface area contributed by atoms with E-state index in [9.17, 15) is 5.11 Å². The molecule has 0 unspecified atom stereocenters. The maximum Gasteiger partial charge on any atom is 0.127 e. The van der Waals surface area contributed by atoms with Crippen molar-refractivity contribution in [1.29, 1.82) is 0 Å². The van der Waals surface area contributed by atoms with Crippen LogP contribution in [-0.2, 0) is 0 Å². The predicted octanol–water partition coefficient (Wildman–Crippen LogP) is 1.27. The van der Waals surface area contributed by atoms with Crippen LogP contribution in [-0.4, -0.2) is 29.8 Å². The average Bonchev–Trinajstić information content (AvgIpc) is 2.39. The van der Waals surface area contributed by atoms with E-state index in [0.717, 1.165) is 24.9 Å². The number of nitrogens with one attached hydrogen (secondary N) is 1. The smallest absolute Gasteiger partial charge is 0.127 e. The first-order valence-electron chi connectivity index (χ1n) is 5.72. The lowest BCUT2D eigenvalue weighted by atomic mass is 9.95. The standard InChI is InChI=1S/C12H18N2O2/c1-16-11-5-7-13-8-9(11)12(15)10-4-2-3-6-14-10/h5,7-8,10,12,14-15H,2-4,6H2,1H3/t10-,12+/m1/s1. The molecule has 0 radical (unpaired) electrons. The fraction of sp³-hybridized carbons (Fsp3) is 0.583. The molecule has 16 heavy (non-hydrogen) atoms. The highest BCUT2D eigenvalue weighted by molar-refractivity contribution is 5.32. The summed E-state index contributed by atoms with van der Waals surface area (Å²) in [5.74, 6) is 0.704. The van der Waals surface area contributed by atoms with Gasteiger partial charge in [-0.3, -0.25) is 4.98 Å². The first-order valence-corrected chi connectivity index (χ1v) is 5.72. The summed E-state index contributed by atoms with van der Waals surface area (Å²) in [6.45, 7) is 0.976.